The van der Waals surface area contributed by atoms with Crippen LogP contribution in [0.5, 0.6) is 0 Å². The Balaban J connectivity index is 2.97. The summed E-state index contributed by atoms with van der Waals surface area (Å²) >= 11 is 1.80. The van der Waals surface area contributed by atoms with Gasteiger partial charge in [-0.15, -0.1) is 11.8 Å². The van der Waals surface area contributed by atoms with E-state index in [-0.39, 0.29) is 15.9 Å². The van der Waals surface area contributed by atoms with Crippen molar-refractivity contribution in [3.05, 3.63) is 0 Å². The quantitative estimate of drug-likeness (QED) is 0.794. The van der Waals surface area contributed by atoms with Crippen LogP contribution in [0.15, 0.2) is 0 Å². The van der Waals surface area contributed by atoms with Gasteiger partial charge in [0.05, 0.1) is 4.87 Å². The number of hydrogen-bond acceptors (Lipinski definition) is 5. The van der Waals surface area contributed by atoms with Gasteiger partial charge in [-0.05, 0) is 19.8 Å². The average Bonchev–Trinajstić information content (AvgIpc) is 2.54. The zero-order chi connectivity index (χ0) is 12.6. The summed E-state index contributed by atoms with van der Waals surface area (Å²) in [4.78, 5) is -0.0909. The minimum Gasteiger partial charge on any atom is -0.311 e. The van der Waals surface area contributed by atoms with Crippen LogP contribution in [-0.4, -0.2) is 30.1 Å². The molecule has 16 heavy (non-hydrogen) atoms. The lowest BCUT2D eigenvalue weighted by atomic mass is 10.1. The first kappa shape index (κ1) is 14.5. The van der Waals surface area contributed by atoms with Gasteiger partial charge in [-0.2, -0.15) is 0 Å². The van der Waals surface area contributed by atoms with Crippen LogP contribution in [0.25, 0.3) is 0 Å². The Kier molecular flexibility index (Phi) is 4.53. The molecule has 1 rings (SSSR count). The summed E-state index contributed by atoms with van der Waals surface area (Å²) in [5.74, 6) is 0.186. The topological polar surface area (TPSA) is 47.6 Å². The summed E-state index contributed by atoms with van der Waals surface area (Å²) in [5, 5.41) is 3.59. The third kappa shape index (κ3) is 2.82. The molecular weight excluding hydrogens is 245 g/mol. The molecule has 0 amide bonds. The molecule has 1 N–H and O–H groups in total. The van der Waals surface area contributed by atoms with Gasteiger partial charge < -0.3 is 9.05 Å². The highest BCUT2D eigenvalue weighted by atomic mass is 32.2. The predicted molar refractivity (Wildman–Crippen MR) is 68.8 cm³/mol. The first-order valence-electron chi connectivity index (χ1n) is 5.42. The Bertz CT molecular complexity index is 288. The molecule has 96 valence electrons. The van der Waals surface area contributed by atoms with E-state index in [0.717, 1.165) is 0 Å². The molecule has 0 spiro atoms. The Hall–Kier alpha value is 0.460. The Morgan fingerprint density at radius 1 is 1.31 bits per heavy atom. The van der Waals surface area contributed by atoms with Crippen LogP contribution in [0.3, 0.4) is 0 Å². The van der Waals surface area contributed by atoms with Crippen molar-refractivity contribution in [2.75, 3.05) is 14.2 Å². The monoisotopic (exact) mass is 267 g/mol. The summed E-state index contributed by atoms with van der Waals surface area (Å²) in [7, 11) is -0.163. The van der Waals surface area contributed by atoms with Crippen LogP contribution < -0.4 is 5.32 Å². The van der Waals surface area contributed by atoms with Gasteiger partial charge in [0, 0.05) is 19.5 Å². The lowest BCUT2D eigenvalue weighted by Crippen LogP contribution is -2.39. The molecule has 0 aromatic heterocycles. The van der Waals surface area contributed by atoms with Crippen LogP contribution in [0.1, 0.15) is 27.7 Å². The highest BCUT2D eigenvalue weighted by Gasteiger charge is 2.50. The van der Waals surface area contributed by atoms with Crippen LogP contribution in [0.4, 0.5) is 0 Å². The van der Waals surface area contributed by atoms with E-state index in [0.29, 0.717) is 5.92 Å². The summed E-state index contributed by atoms with van der Waals surface area (Å²) in [6.07, 6.45) is 0. The van der Waals surface area contributed by atoms with E-state index >= 15 is 0 Å². The first-order chi connectivity index (χ1) is 7.25. The zero-order valence-electron chi connectivity index (χ0n) is 10.8. The number of thioether (sulfide) groups is 1. The van der Waals surface area contributed by atoms with Gasteiger partial charge >= 0.3 is 7.60 Å². The lowest BCUT2D eigenvalue weighted by Gasteiger charge is -2.27. The fourth-order valence-corrected chi connectivity index (χ4v) is 5.79. The van der Waals surface area contributed by atoms with Gasteiger partial charge in [-0.3, -0.25) is 9.88 Å². The smallest absolute Gasteiger partial charge is 0.311 e. The average molecular weight is 267 g/mol. The normalized spacial score (nSPS) is 29.9. The van der Waals surface area contributed by atoms with E-state index in [9.17, 15) is 4.57 Å². The fraction of sp³-hybridized carbons (Fsp3) is 1.00. The lowest BCUT2D eigenvalue weighted by molar-refractivity contribution is 0.253. The zero-order valence-corrected chi connectivity index (χ0v) is 12.5. The van der Waals surface area contributed by atoms with Crippen LogP contribution in [-0.2, 0) is 13.6 Å². The molecule has 0 aromatic carbocycles. The maximum atomic E-state index is 12.4. The van der Waals surface area contributed by atoms with Crippen molar-refractivity contribution in [2.45, 2.75) is 43.6 Å². The highest BCUT2D eigenvalue weighted by molar-refractivity contribution is 8.01. The van der Waals surface area contributed by atoms with Crippen molar-refractivity contribution in [2.24, 2.45) is 5.92 Å². The molecule has 0 bridgehead atoms. The van der Waals surface area contributed by atoms with Crippen molar-refractivity contribution in [3.63, 3.8) is 0 Å². The van der Waals surface area contributed by atoms with Gasteiger partial charge in [-0.1, -0.05) is 13.8 Å². The Labute approximate surface area is 102 Å². The molecule has 2 atom stereocenters. The SMILES string of the molecule is COP(=O)(OC)[C@@H]1NC(C)(C)S[C@@H]1C(C)C. The summed E-state index contributed by atoms with van der Waals surface area (Å²) in [6, 6.07) is 0. The fourth-order valence-electron chi connectivity index (χ4n) is 1.94. The molecule has 6 heteroatoms. The molecule has 4 nitrogen and oxygen atoms in total. The van der Waals surface area contributed by atoms with E-state index in [4.69, 9.17) is 9.05 Å². The van der Waals surface area contributed by atoms with E-state index < -0.39 is 7.60 Å². The molecule has 0 radical (unpaired) electrons. The molecule has 0 unspecified atom stereocenters. The third-order valence-corrected chi connectivity index (χ3v) is 6.89. The molecule has 1 fully saturated rings. The van der Waals surface area contributed by atoms with Crippen molar-refractivity contribution in [1.29, 1.82) is 0 Å². The minimum atomic E-state index is -3.05. The van der Waals surface area contributed by atoms with Crippen molar-refractivity contribution in [1.82, 2.24) is 5.32 Å². The number of hydrogen-bond donors (Lipinski definition) is 1. The second-order valence-electron chi connectivity index (χ2n) is 4.83. The molecular formula is C10H22NO3PS. The van der Waals surface area contributed by atoms with E-state index in [1.54, 1.807) is 11.8 Å². The summed E-state index contributed by atoms with van der Waals surface area (Å²) < 4.78 is 22.6. The molecule has 0 saturated carbocycles. The summed E-state index contributed by atoms with van der Waals surface area (Å²) in [6.45, 7) is 8.43. The molecule has 0 aliphatic carbocycles. The number of nitrogens with one attached hydrogen (secondary N) is 1. The molecule has 1 aliphatic rings. The van der Waals surface area contributed by atoms with Crippen LogP contribution in [0, 0.1) is 5.92 Å². The van der Waals surface area contributed by atoms with Crippen LogP contribution >= 0.6 is 19.4 Å². The maximum absolute atomic E-state index is 12.4. The van der Waals surface area contributed by atoms with Gasteiger partial charge in [0.25, 0.3) is 0 Å². The molecule has 1 aliphatic heterocycles. The predicted octanol–water partition coefficient (Wildman–Crippen LogP) is 2.90. The van der Waals surface area contributed by atoms with Crippen molar-refractivity contribution in [3.8, 4) is 0 Å². The van der Waals surface area contributed by atoms with Crippen molar-refractivity contribution >= 4 is 19.4 Å². The molecule has 1 heterocycles. The largest absolute Gasteiger partial charge is 0.348 e. The third-order valence-electron chi connectivity index (χ3n) is 2.74. The van der Waals surface area contributed by atoms with E-state index in [1.165, 1.54) is 14.2 Å². The summed E-state index contributed by atoms with van der Waals surface area (Å²) in [5.41, 5.74) is 0. The van der Waals surface area contributed by atoms with Gasteiger partial charge in [0.15, 0.2) is 0 Å². The van der Waals surface area contributed by atoms with Crippen molar-refractivity contribution < 1.29 is 13.6 Å². The number of rotatable bonds is 4. The molecule has 1 saturated heterocycles. The maximum Gasteiger partial charge on any atom is 0.348 e. The first-order valence-corrected chi connectivity index (χ1v) is 7.91. The Morgan fingerprint density at radius 2 is 1.81 bits per heavy atom. The second-order valence-corrected chi connectivity index (χ2v) is 9.00. The molecule has 0 aromatic rings. The van der Waals surface area contributed by atoms with Gasteiger partial charge in [-0.25, -0.2) is 0 Å². The second kappa shape index (κ2) is 4.99. The standard InChI is InChI=1S/C10H22NO3PS/c1-7(2)8-9(11-10(3,4)16-8)15(12,13-5)14-6/h7-9,11H,1-6H3/t8-,9+/m1/s1. The Morgan fingerprint density at radius 3 is 2.19 bits per heavy atom. The van der Waals surface area contributed by atoms with E-state index in [2.05, 4.69) is 33.0 Å². The van der Waals surface area contributed by atoms with Gasteiger partial charge in [0.2, 0.25) is 0 Å². The van der Waals surface area contributed by atoms with Crippen LogP contribution in [0.2, 0.25) is 0 Å². The highest BCUT2D eigenvalue weighted by Crippen LogP contribution is 2.59. The van der Waals surface area contributed by atoms with Gasteiger partial charge in [0.1, 0.15) is 5.78 Å². The minimum absolute atomic E-state index is 0.0909. The van der Waals surface area contributed by atoms with E-state index in [1.807, 2.05) is 0 Å².